The Labute approximate surface area is 132 Å². The van der Waals surface area contributed by atoms with Crippen molar-refractivity contribution in [2.75, 3.05) is 5.32 Å². The van der Waals surface area contributed by atoms with Crippen molar-refractivity contribution in [3.8, 4) is 0 Å². The normalized spacial score (nSPS) is 10.2. The Bertz CT molecular complexity index is 603. The zero-order valence-corrected chi connectivity index (χ0v) is 13.6. The van der Waals surface area contributed by atoms with Gasteiger partial charge in [0.05, 0.1) is 10.6 Å². The summed E-state index contributed by atoms with van der Waals surface area (Å²) in [5.41, 5.74) is 1.32. The molecule has 2 rings (SSSR count). The molecule has 5 heteroatoms. The number of benzene rings is 2. The number of anilines is 1. The minimum Gasteiger partial charge on any atom is -0.322 e. The van der Waals surface area contributed by atoms with E-state index in [1.165, 1.54) is 0 Å². The Balaban J connectivity index is 2.22. The average molecular weight is 436 g/mol. The van der Waals surface area contributed by atoms with Gasteiger partial charge in [-0.25, -0.2) is 0 Å². The second kappa shape index (κ2) is 6.04. The first kappa shape index (κ1) is 13.8. The molecule has 92 valence electrons. The standard InChI is InChI=1S/C13H8BrClINO/c14-10-6-5-8(7-11(10)15)17-13(18)9-3-1-2-4-12(9)16/h1-7H,(H,17,18). The maximum Gasteiger partial charge on any atom is 0.256 e. The van der Waals surface area contributed by atoms with E-state index in [1.807, 2.05) is 18.2 Å². The lowest BCUT2D eigenvalue weighted by molar-refractivity contribution is 0.102. The average Bonchev–Trinajstić information content (AvgIpc) is 2.34. The minimum absolute atomic E-state index is 0.140. The van der Waals surface area contributed by atoms with E-state index in [2.05, 4.69) is 43.8 Å². The third-order valence-electron chi connectivity index (χ3n) is 2.30. The molecule has 0 saturated carbocycles. The summed E-state index contributed by atoms with van der Waals surface area (Å²) >= 11 is 11.4. The highest BCUT2D eigenvalue weighted by Crippen LogP contribution is 2.26. The summed E-state index contributed by atoms with van der Waals surface area (Å²) in [5.74, 6) is -0.140. The molecule has 2 aromatic carbocycles. The summed E-state index contributed by atoms with van der Waals surface area (Å²) in [5, 5.41) is 3.38. The molecule has 0 bridgehead atoms. The molecule has 0 aliphatic carbocycles. The summed E-state index contributed by atoms with van der Waals surface area (Å²) in [7, 11) is 0. The van der Waals surface area contributed by atoms with E-state index in [9.17, 15) is 4.79 Å². The van der Waals surface area contributed by atoms with Gasteiger partial charge in [0, 0.05) is 13.7 Å². The fourth-order valence-corrected chi connectivity index (χ4v) is 2.48. The molecule has 0 aliphatic rings. The van der Waals surface area contributed by atoms with E-state index in [1.54, 1.807) is 24.3 Å². The number of hydrogen-bond donors (Lipinski definition) is 1. The predicted molar refractivity (Wildman–Crippen MR) is 86.3 cm³/mol. The zero-order chi connectivity index (χ0) is 13.1. The Morgan fingerprint density at radius 2 is 1.94 bits per heavy atom. The molecule has 1 amide bonds. The second-order valence-corrected chi connectivity index (χ2v) is 5.99. The van der Waals surface area contributed by atoms with Crippen LogP contribution in [-0.2, 0) is 0 Å². The number of hydrogen-bond acceptors (Lipinski definition) is 1. The van der Waals surface area contributed by atoms with Gasteiger partial charge in [-0.3, -0.25) is 4.79 Å². The van der Waals surface area contributed by atoms with Crippen molar-refractivity contribution in [3.05, 3.63) is 61.1 Å². The molecule has 0 aliphatic heterocycles. The molecule has 0 atom stereocenters. The Morgan fingerprint density at radius 1 is 1.22 bits per heavy atom. The van der Waals surface area contributed by atoms with Crippen molar-refractivity contribution in [1.29, 1.82) is 0 Å². The predicted octanol–water partition coefficient (Wildman–Crippen LogP) is 4.96. The van der Waals surface area contributed by atoms with Crippen LogP contribution < -0.4 is 5.32 Å². The van der Waals surface area contributed by atoms with Gasteiger partial charge in [-0.2, -0.15) is 0 Å². The maximum atomic E-state index is 12.1. The van der Waals surface area contributed by atoms with Gasteiger partial charge in [0.1, 0.15) is 0 Å². The van der Waals surface area contributed by atoms with Gasteiger partial charge < -0.3 is 5.32 Å². The molecule has 2 nitrogen and oxygen atoms in total. The van der Waals surface area contributed by atoms with Gasteiger partial charge in [0.25, 0.3) is 5.91 Å². The molecule has 18 heavy (non-hydrogen) atoms. The molecular weight excluding hydrogens is 428 g/mol. The summed E-state index contributed by atoms with van der Waals surface area (Å²) in [6.07, 6.45) is 0. The van der Waals surface area contributed by atoms with Crippen LogP contribution in [0.15, 0.2) is 46.9 Å². The van der Waals surface area contributed by atoms with E-state index in [4.69, 9.17) is 11.6 Å². The van der Waals surface area contributed by atoms with Crippen LogP contribution in [0.1, 0.15) is 10.4 Å². The largest absolute Gasteiger partial charge is 0.322 e. The third-order valence-corrected chi connectivity index (χ3v) is 4.47. The van der Waals surface area contributed by atoms with Crippen molar-refractivity contribution in [2.24, 2.45) is 0 Å². The van der Waals surface area contributed by atoms with Gasteiger partial charge in [0.15, 0.2) is 0 Å². The SMILES string of the molecule is O=C(Nc1ccc(Br)c(Cl)c1)c1ccccc1I. The van der Waals surface area contributed by atoms with Gasteiger partial charge in [-0.05, 0) is 68.9 Å². The monoisotopic (exact) mass is 435 g/mol. The van der Waals surface area contributed by atoms with Crippen LogP contribution in [-0.4, -0.2) is 5.91 Å². The number of carbonyl (C=O) groups excluding carboxylic acids is 1. The van der Waals surface area contributed by atoms with E-state index >= 15 is 0 Å². The first-order valence-corrected chi connectivity index (χ1v) is 7.34. The van der Waals surface area contributed by atoms with Crippen LogP contribution in [0.4, 0.5) is 5.69 Å². The fraction of sp³-hybridized carbons (Fsp3) is 0. The van der Waals surface area contributed by atoms with Crippen LogP contribution in [0.2, 0.25) is 5.02 Å². The summed E-state index contributed by atoms with van der Waals surface area (Å²) in [6.45, 7) is 0. The lowest BCUT2D eigenvalue weighted by atomic mass is 10.2. The molecular formula is C13H8BrClINO. The maximum absolute atomic E-state index is 12.1. The molecule has 0 fully saturated rings. The van der Waals surface area contributed by atoms with Gasteiger partial charge >= 0.3 is 0 Å². The van der Waals surface area contributed by atoms with E-state index in [0.29, 0.717) is 16.3 Å². The van der Waals surface area contributed by atoms with Crippen molar-refractivity contribution < 1.29 is 4.79 Å². The number of amides is 1. The van der Waals surface area contributed by atoms with E-state index in [-0.39, 0.29) is 5.91 Å². The number of carbonyl (C=O) groups is 1. The van der Waals surface area contributed by atoms with Crippen LogP contribution in [0, 0.1) is 3.57 Å². The van der Waals surface area contributed by atoms with Gasteiger partial charge in [-0.15, -0.1) is 0 Å². The lowest BCUT2D eigenvalue weighted by Gasteiger charge is -2.07. The third kappa shape index (κ3) is 3.24. The molecule has 0 radical (unpaired) electrons. The van der Waals surface area contributed by atoms with Crippen LogP contribution >= 0.6 is 50.1 Å². The number of halogens is 3. The highest BCUT2D eigenvalue weighted by atomic mass is 127. The van der Waals surface area contributed by atoms with Crippen molar-refractivity contribution in [3.63, 3.8) is 0 Å². The summed E-state index contributed by atoms with van der Waals surface area (Å²) in [6, 6.07) is 12.7. The number of rotatable bonds is 2. The molecule has 0 saturated heterocycles. The van der Waals surface area contributed by atoms with Crippen LogP contribution in [0.3, 0.4) is 0 Å². The quantitative estimate of drug-likeness (QED) is 0.663. The van der Waals surface area contributed by atoms with E-state index < -0.39 is 0 Å². The Morgan fingerprint density at radius 3 is 2.61 bits per heavy atom. The summed E-state index contributed by atoms with van der Waals surface area (Å²) < 4.78 is 1.72. The molecule has 2 aromatic rings. The lowest BCUT2D eigenvalue weighted by Crippen LogP contribution is -2.13. The summed E-state index contributed by atoms with van der Waals surface area (Å²) in [4.78, 5) is 12.1. The van der Waals surface area contributed by atoms with Gasteiger partial charge in [0.2, 0.25) is 0 Å². The zero-order valence-electron chi connectivity index (χ0n) is 9.08. The Kier molecular flexibility index (Phi) is 4.64. The Hall–Kier alpha value is -0.590. The van der Waals surface area contributed by atoms with Crippen LogP contribution in [0.25, 0.3) is 0 Å². The molecule has 1 N–H and O–H groups in total. The first-order valence-electron chi connectivity index (χ1n) is 5.09. The van der Waals surface area contributed by atoms with Crippen molar-refractivity contribution in [1.82, 2.24) is 0 Å². The molecule has 0 unspecified atom stereocenters. The fourth-order valence-electron chi connectivity index (χ4n) is 1.42. The molecule has 0 aromatic heterocycles. The second-order valence-electron chi connectivity index (χ2n) is 3.56. The molecule has 0 spiro atoms. The first-order chi connectivity index (χ1) is 8.58. The highest BCUT2D eigenvalue weighted by molar-refractivity contribution is 14.1. The highest BCUT2D eigenvalue weighted by Gasteiger charge is 2.09. The van der Waals surface area contributed by atoms with Crippen molar-refractivity contribution >= 4 is 61.7 Å². The minimum atomic E-state index is -0.140. The van der Waals surface area contributed by atoms with Crippen LogP contribution in [0.5, 0.6) is 0 Å². The molecule has 0 heterocycles. The topological polar surface area (TPSA) is 29.1 Å². The smallest absolute Gasteiger partial charge is 0.256 e. The van der Waals surface area contributed by atoms with Crippen molar-refractivity contribution in [2.45, 2.75) is 0 Å². The van der Waals surface area contributed by atoms with E-state index in [0.717, 1.165) is 8.04 Å². The van der Waals surface area contributed by atoms with Gasteiger partial charge in [-0.1, -0.05) is 23.7 Å². The number of nitrogens with one attached hydrogen (secondary N) is 1.